The molecule has 1 aromatic carbocycles. The quantitative estimate of drug-likeness (QED) is 0.710. The normalized spacial score (nSPS) is 13.9. The number of hydrogen-bond acceptors (Lipinski definition) is 3. The molecule has 0 radical (unpaired) electrons. The van der Waals surface area contributed by atoms with Gasteiger partial charge in [0.25, 0.3) is 0 Å². The SMILES string of the molecule is CCC(C)(C=O)CN(C)c1ccccc1OC. The summed E-state index contributed by atoms with van der Waals surface area (Å²) < 4.78 is 5.32. The van der Waals surface area contributed by atoms with Gasteiger partial charge >= 0.3 is 0 Å². The van der Waals surface area contributed by atoms with Crippen molar-refractivity contribution in [2.75, 3.05) is 25.6 Å². The molecule has 3 heteroatoms. The van der Waals surface area contributed by atoms with E-state index in [0.717, 1.165) is 24.1 Å². The summed E-state index contributed by atoms with van der Waals surface area (Å²) in [5.74, 6) is 0.833. The van der Waals surface area contributed by atoms with Crippen molar-refractivity contribution in [1.29, 1.82) is 0 Å². The third-order valence-electron chi connectivity index (χ3n) is 3.19. The number of benzene rings is 1. The monoisotopic (exact) mass is 235 g/mol. The zero-order valence-electron chi connectivity index (χ0n) is 11.1. The zero-order valence-corrected chi connectivity index (χ0v) is 11.1. The van der Waals surface area contributed by atoms with Crippen LogP contribution in [0.2, 0.25) is 0 Å². The maximum absolute atomic E-state index is 11.1. The molecule has 0 fully saturated rings. The molecule has 0 aliphatic rings. The highest BCUT2D eigenvalue weighted by molar-refractivity contribution is 5.63. The lowest BCUT2D eigenvalue weighted by atomic mass is 9.89. The second-order valence-electron chi connectivity index (χ2n) is 4.65. The van der Waals surface area contributed by atoms with Gasteiger partial charge in [0.2, 0.25) is 0 Å². The van der Waals surface area contributed by atoms with E-state index in [9.17, 15) is 4.79 Å². The molecule has 1 unspecified atom stereocenters. The smallest absolute Gasteiger partial charge is 0.142 e. The van der Waals surface area contributed by atoms with Gasteiger partial charge in [-0.3, -0.25) is 0 Å². The van der Waals surface area contributed by atoms with E-state index in [1.807, 2.05) is 45.2 Å². The molecule has 0 saturated heterocycles. The Kier molecular flexibility index (Phi) is 4.55. The van der Waals surface area contributed by atoms with E-state index in [1.54, 1.807) is 7.11 Å². The van der Waals surface area contributed by atoms with Gasteiger partial charge in [-0.2, -0.15) is 0 Å². The first-order chi connectivity index (χ1) is 8.06. The minimum Gasteiger partial charge on any atom is -0.495 e. The van der Waals surface area contributed by atoms with Gasteiger partial charge in [0.1, 0.15) is 12.0 Å². The molecule has 0 heterocycles. The lowest BCUT2D eigenvalue weighted by Crippen LogP contribution is -2.34. The molecule has 1 atom stereocenters. The zero-order chi connectivity index (χ0) is 12.9. The molecule has 94 valence electrons. The number of ether oxygens (including phenoxy) is 1. The van der Waals surface area contributed by atoms with E-state index in [0.29, 0.717) is 6.54 Å². The van der Waals surface area contributed by atoms with E-state index in [2.05, 4.69) is 4.90 Å². The Labute approximate surface area is 103 Å². The molecule has 17 heavy (non-hydrogen) atoms. The van der Waals surface area contributed by atoms with Crippen LogP contribution < -0.4 is 9.64 Å². The predicted molar refractivity (Wildman–Crippen MR) is 70.7 cm³/mol. The second-order valence-corrected chi connectivity index (χ2v) is 4.65. The summed E-state index contributed by atoms with van der Waals surface area (Å²) in [6.07, 6.45) is 1.87. The molecule has 0 spiro atoms. The first kappa shape index (κ1) is 13.6. The standard InChI is InChI=1S/C14H21NO2/c1-5-14(2,11-16)10-15(3)12-8-6-7-9-13(12)17-4/h6-9,11H,5,10H2,1-4H3. The van der Waals surface area contributed by atoms with Crippen LogP contribution in [0.4, 0.5) is 5.69 Å². The molecular formula is C14H21NO2. The van der Waals surface area contributed by atoms with Crippen molar-refractivity contribution in [3.05, 3.63) is 24.3 Å². The van der Waals surface area contributed by atoms with Gasteiger partial charge in [0, 0.05) is 19.0 Å². The number of hydrogen-bond donors (Lipinski definition) is 0. The molecule has 0 saturated carbocycles. The van der Waals surface area contributed by atoms with Crippen LogP contribution in [0, 0.1) is 5.41 Å². The van der Waals surface area contributed by atoms with Gasteiger partial charge in [-0.15, -0.1) is 0 Å². The summed E-state index contributed by atoms with van der Waals surface area (Å²) in [5.41, 5.74) is 0.701. The van der Waals surface area contributed by atoms with Crippen LogP contribution in [0.1, 0.15) is 20.3 Å². The van der Waals surface area contributed by atoms with Crippen molar-refractivity contribution < 1.29 is 9.53 Å². The van der Waals surface area contributed by atoms with Crippen molar-refractivity contribution in [2.45, 2.75) is 20.3 Å². The molecule has 1 aromatic rings. The average molecular weight is 235 g/mol. The van der Waals surface area contributed by atoms with Gasteiger partial charge in [-0.05, 0) is 18.6 Å². The third kappa shape index (κ3) is 3.22. The number of anilines is 1. The van der Waals surface area contributed by atoms with Crippen LogP contribution in [0.15, 0.2) is 24.3 Å². The lowest BCUT2D eigenvalue weighted by molar-refractivity contribution is -0.115. The van der Waals surface area contributed by atoms with E-state index >= 15 is 0 Å². The summed E-state index contributed by atoms with van der Waals surface area (Å²) in [7, 11) is 3.64. The Morgan fingerprint density at radius 1 is 1.41 bits per heavy atom. The maximum atomic E-state index is 11.1. The Bertz CT molecular complexity index is 378. The molecule has 0 aromatic heterocycles. The van der Waals surface area contributed by atoms with Crippen LogP contribution in [-0.2, 0) is 4.79 Å². The summed E-state index contributed by atoms with van der Waals surface area (Å²) in [6, 6.07) is 7.84. The van der Waals surface area contributed by atoms with Gasteiger partial charge in [0.15, 0.2) is 0 Å². The Morgan fingerprint density at radius 3 is 2.59 bits per heavy atom. The number of rotatable bonds is 6. The molecule has 0 bridgehead atoms. The van der Waals surface area contributed by atoms with Crippen molar-refractivity contribution in [3.8, 4) is 5.75 Å². The van der Waals surface area contributed by atoms with Crippen molar-refractivity contribution in [2.24, 2.45) is 5.41 Å². The first-order valence-corrected chi connectivity index (χ1v) is 5.87. The Balaban J connectivity index is 2.89. The highest BCUT2D eigenvalue weighted by Crippen LogP contribution is 2.29. The summed E-state index contributed by atoms with van der Waals surface area (Å²) in [6.45, 7) is 4.70. The van der Waals surface area contributed by atoms with Gasteiger partial charge in [-0.1, -0.05) is 26.0 Å². The van der Waals surface area contributed by atoms with Gasteiger partial charge in [0.05, 0.1) is 12.8 Å². The van der Waals surface area contributed by atoms with Crippen molar-refractivity contribution in [1.82, 2.24) is 0 Å². The fourth-order valence-corrected chi connectivity index (χ4v) is 1.80. The minimum atomic E-state index is -0.310. The summed E-state index contributed by atoms with van der Waals surface area (Å²) in [4.78, 5) is 13.2. The fourth-order valence-electron chi connectivity index (χ4n) is 1.80. The average Bonchev–Trinajstić information content (AvgIpc) is 2.38. The molecule has 0 aliphatic heterocycles. The van der Waals surface area contributed by atoms with Crippen molar-refractivity contribution >= 4 is 12.0 Å². The number of carbonyl (C=O) groups is 1. The van der Waals surface area contributed by atoms with E-state index < -0.39 is 0 Å². The number of nitrogens with zero attached hydrogens (tertiary/aromatic N) is 1. The molecule has 0 amide bonds. The van der Waals surface area contributed by atoms with Crippen LogP contribution in [0.3, 0.4) is 0 Å². The summed E-state index contributed by atoms with van der Waals surface area (Å²) >= 11 is 0. The van der Waals surface area contributed by atoms with Gasteiger partial charge < -0.3 is 14.4 Å². The Morgan fingerprint density at radius 2 is 2.06 bits per heavy atom. The number of aldehydes is 1. The van der Waals surface area contributed by atoms with Gasteiger partial charge in [-0.25, -0.2) is 0 Å². The van der Waals surface area contributed by atoms with E-state index in [-0.39, 0.29) is 5.41 Å². The largest absolute Gasteiger partial charge is 0.495 e. The highest BCUT2D eigenvalue weighted by Gasteiger charge is 2.24. The third-order valence-corrected chi connectivity index (χ3v) is 3.19. The molecule has 0 aliphatic carbocycles. The Hall–Kier alpha value is -1.51. The molecule has 3 nitrogen and oxygen atoms in total. The molecule has 0 N–H and O–H groups in total. The second kappa shape index (κ2) is 5.71. The molecule has 1 rings (SSSR count). The topological polar surface area (TPSA) is 29.5 Å². The van der Waals surface area contributed by atoms with E-state index in [1.165, 1.54) is 0 Å². The molecular weight excluding hydrogens is 214 g/mol. The highest BCUT2D eigenvalue weighted by atomic mass is 16.5. The van der Waals surface area contributed by atoms with Crippen LogP contribution >= 0.6 is 0 Å². The minimum absolute atomic E-state index is 0.310. The maximum Gasteiger partial charge on any atom is 0.142 e. The first-order valence-electron chi connectivity index (χ1n) is 5.87. The number of methoxy groups -OCH3 is 1. The number of para-hydroxylation sites is 2. The van der Waals surface area contributed by atoms with Crippen LogP contribution in [-0.4, -0.2) is 27.0 Å². The summed E-state index contributed by atoms with van der Waals surface area (Å²) in [5, 5.41) is 0. The van der Waals surface area contributed by atoms with Crippen LogP contribution in [0.5, 0.6) is 5.75 Å². The number of carbonyl (C=O) groups excluding carboxylic acids is 1. The lowest BCUT2D eigenvalue weighted by Gasteiger charge is -2.30. The predicted octanol–water partition coefficient (Wildman–Crippen LogP) is 2.75. The van der Waals surface area contributed by atoms with Crippen molar-refractivity contribution in [3.63, 3.8) is 0 Å². The van der Waals surface area contributed by atoms with E-state index in [4.69, 9.17) is 4.74 Å². The van der Waals surface area contributed by atoms with Crippen LogP contribution in [0.25, 0.3) is 0 Å². The fraction of sp³-hybridized carbons (Fsp3) is 0.500.